The van der Waals surface area contributed by atoms with Gasteiger partial charge in [0.15, 0.2) is 0 Å². The number of hydrogen-bond acceptors (Lipinski definition) is 3. The summed E-state index contributed by atoms with van der Waals surface area (Å²) in [5.41, 5.74) is 2.03. The number of nitrogens with zero attached hydrogens (tertiary/aromatic N) is 1. The van der Waals surface area contributed by atoms with E-state index < -0.39 is 0 Å². The lowest BCUT2D eigenvalue weighted by molar-refractivity contribution is -0.134. The van der Waals surface area contributed by atoms with Gasteiger partial charge in [-0.25, -0.2) is 0 Å². The van der Waals surface area contributed by atoms with Crippen LogP contribution in [-0.2, 0) is 15.3 Å². The molecule has 0 spiro atoms. The van der Waals surface area contributed by atoms with E-state index in [1.807, 2.05) is 49.4 Å². The van der Waals surface area contributed by atoms with E-state index in [-0.39, 0.29) is 18.4 Å². The fourth-order valence-corrected chi connectivity index (χ4v) is 3.20. The van der Waals surface area contributed by atoms with Crippen LogP contribution >= 0.6 is 11.8 Å². The molecule has 4 nitrogen and oxygen atoms in total. The second kappa shape index (κ2) is 9.89. The monoisotopic (exact) mass is 356 g/mol. The van der Waals surface area contributed by atoms with Crippen molar-refractivity contribution >= 4 is 29.3 Å². The van der Waals surface area contributed by atoms with Crippen LogP contribution in [0.2, 0.25) is 0 Å². The van der Waals surface area contributed by atoms with E-state index >= 15 is 0 Å². The highest BCUT2D eigenvalue weighted by Crippen LogP contribution is 2.24. The molecule has 0 saturated carbocycles. The molecule has 2 aromatic rings. The van der Waals surface area contributed by atoms with Crippen molar-refractivity contribution in [1.82, 2.24) is 4.90 Å². The smallest absolute Gasteiger partial charge is 0.243 e. The van der Waals surface area contributed by atoms with Crippen LogP contribution in [-0.4, -0.2) is 29.8 Å². The summed E-state index contributed by atoms with van der Waals surface area (Å²) in [6, 6.07) is 18.1. The van der Waals surface area contributed by atoms with Gasteiger partial charge in [-0.05, 0) is 36.8 Å². The standard InChI is InChI=1S/C20H24N2O2S/c1-3-20(24)22(4-2)14-19(23)21-17-10-12-18(13-11-17)25-15-16-8-6-5-7-9-16/h5-13H,3-4,14-15H2,1-2H3,(H,21,23). The number of anilines is 1. The lowest BCUT2D eigenvalue weighted by Gasteiger charge is -2.19. The summed E-state index contributed by atoms with van der Waals surface area (Å²) in [5, 5.41) is 2.84. The highest BCUT2D eigenvalue weighted by atomic mass is 32.2. The van der Waals surface area contributed by atoms with Gasteiger partial charge < -0.3 is 10.2 Å². The summed E-state index contributed by atoms with van der Waals surface area (Å²) in [6.07, 6.45) is 0.411. The highest BCUT2D eigenvalue weighted by molar-refractivity contribution is 7.98. The van der Waals surface area contributed by atoms with E-state index in [0.29, 0.717) is 13.0 Å². The zero-order valence-electron chi connectivity index (χ0n) is 14.7. The van der Waals surface area contributed by atoms with Crippen molar-refractivity contribution in [3.05, 3.63) is 60.2 Å². The summed E-state index contributed by atoms with van der Waals surface area (Å²) in [7, 11) is 0. The van der Waals surface area contributed by atoms with Crippen molar-refractivity contribution in [1.29, 1.82) is 0 Å². The quantitative estimate of drug-likeness (QED) is 0.722. The fraction of sp³-hybridized carbons (Fsp3) is 0.300. The molecule has 0 aliphatic heterocycles. The van der Waals surface area contributed by atoms with Crippen molar-refractivity contribution in [2.45, 2.75) is 30.9 Å². The van der Waals surface area contributed by atoms with E-state index in [2.05, 4.69) is 17.4 Å². The zero-order chi connectivity index (χ0) is 18.1. The summed E-state index contributed by atoms with van der Waals surface area (Å²) >= 11 is 1.76. The SMILES string of the molecule is CCC(=O)N(CC)CC(=O)Nc1ccc(SCc2ccccc2)cc1. The van der Waals surface area contributed by atoms with Gasteiger partial charge in [-0.1, -0.05) is 37.3 Å². The molecule has 2 aromatic carbocycles. The molecule has 0 radical (unpaired) electrons. The fourth-order valence-electron chi connectivity index (χ4n) is 2.35. The van der Waals surface area contributed by atoms with Gasteiger partial charge in [0.05, 0.1) is 6.54 Å². The number of nitrogens with one attached hydrogen (secondary N) is 1. The van der Waals surface area contributed by atoms with Crippen LogP contribution in [0.25, 0.3) is 0 Å². The minimum atomic E-state index is -0.173. The first-order valence-corrected chi connectivity index (χ1v) is 9.45. The Morgan fingerprint density at radius 1 is 1.00 bits per heavy atom. The molecular formula is C20H24N2O2S. The molecule has 0 aromatic heterocycles. The average molecular weight is 356 g/mol. The van der Waals surface area contributed by atoms with E-state index in [0.717, 1.165) is 16.3 Å². The van der Waals surface area contributed by atoms with Crippen molar-refractivity contribution in [3.8, 4) is 0 Å². The minimum Gasteiger partial charge on any atom is -0.334 e. The lowest BCUT2D eigenvalue weighted by Crippen LogP contribution is -2.37. The van der Waals surface area contributed by atoms with Crippen LogP contribution in [0.3, 0.4) is 0 Å². The molecule has 0 fully saturated rings. The molecule has 0 heterocycles. The normalized spacial score (nSPS) is 10.3. The maximum atomic E-state index is 12.1. The van der Waals surface area contributed by atoms with Crippen molar-refractivity contribution in [2.75, 3.05) is 18.4 Å². The Morgan fingerprint density at radius 2 is 1.68 bits per heavy atom. The summed E-state index contributed by atoms with van der Waals surface area (Å²) in [5.74, 6) is 0.732. The molecule has 0 aliphatic carbocycles. The van der Waals surface area contributed by atoms with Crippen LogP contribution in [0.4, 0.5) is 5.69 Å². The maximum absolute atomic E-state index is 12.1. The Balaban J connectivity index is 1.85. The third-order valence-corrected chi connectivity index (χ3v) is 4.84. The number of thioether (sulfide) groups is 1. The topological polar surface area (TPSA) is 49.4 Å². The molecule has 0 aliphatic rings. The van der Waals surface area contributed by atoms with E-state index in [4.69, 9.17) is 0 Å². The van der Waals surface area contributed by atoms with E-state index in [9.17, 15) is 9.59 Å². The van der Waals surface area contributed by atoms with Crippen LogP contribution in [0.1, 0.15) is 25.8 Å². The number of likely N-dealkylation sites (N-methyl/N-ethyl adjacent to an activating group) is 1. The molecule has 2 amide bonds. The van der Waals surface area contributed by atoms with Gasteiger partial charge in [0, 0.05) is 29.3 Å². The first kappa shape index (κ1) is 19.1. The van der Waals surface area contributed by atoms with Crippen LogP contribution in [0.15, 0.2) is 59.5 Å². The van der Waals surface area contributed by atoms with E-state index in [1.165, 1.54) is 5.56 Å². The molecular weight excluding hydrogens is 332 g/mol. The minimum absolute atomic E-state index is 0.00897. The van der Waals surface area contributed by atoms with Gasteiger partial charge in [0.2, 0.25) is 11.8 Å². The van der Waals surface area contributed by atoms with E-state index in [1.54, 1.807) is 23.6 Å². The van der Waals surface area contributed by atoms with Crippen LogP contribution in [0, 0.1) is 0 Å². The Hall–Kier alpha value is -2.27. The van der Waals surface area contributed by atoms with Gasteiger partial charge in [-0.15, -0.1) is 11.8 Å². The molecule has 132 valence electrons. The second-order valence-electron chi connectivity index (χ2n) is 5.61. The number of carbonyl (C=O) groups is 2. The Kier molecular flexibility index (Phi) is 7.54. The molecule has 0 bridgehead atoms. The van der Waals surface area contributed by atoms with Gasteiger partial charge >= 0.3 is 0 Å². The zero-order valence-corrected chi connectivity index (χ0v) is 15.5. The average Bonchev–Trinajstić information content (AvgIpc) is 2.65. The maximum Gasteiger partial charge on any atom is 0.243 e. The van der Waals surface area contributed by atoms with Crippen molar-refractivity contribution in [2.24, 2.45) is 0 Å². The third-order valence-electron chi connectivity index (χ3n) is 3.76. The molecule has 5 heteroatoms. The van der Waals surface area contributed by atoms with Crippen LogP contribution < -0.4 is 5.32 Å². The van der Waals surface area contributed by atoms with Gasteiger partial charge in [-0.2, -0.15) is 0 Å². The van der Waals surface area contributed by atoms with Crippen molar-refractivity contribution in [3.63, 3.8) is 0 Å². The molecule has 0 saturated heterocycles. The molecule has 25 heavy (non-hydrogen) atoms. The Morgan fingerprint density at radius 3 is 2.28 bits per heavy atom. The van der Waals surface area contributed by atoms with Crippen molar-refractivity contribution < 1.29 is 9.59 Å². The predicted octanol–water partition coefficient (Wildman–Crippen LogP) is 4.18. The largest absolute Gasteiger partial charge is 0.334 e. The Labute approximate surface area is 153 Å². The van der Waals surface area contributed by atoms with Crippen LogP contribution in [0.5, 0.6) is 0 Å². The molecule has 0 atom stereocenters. The third kappa shape index (κ3) is 6.27. The number of hydrogen-bond donors (Lipinski definition) is 1. The number of amides is 2. The predicted molar refractivity (Wildman–Crippen MR) is 104 cm³/mol. The lowest BCUT2D eigenvalue weighted by atomic mass is 10.2. The van der Waals surface area contributed by atoms with Gasteiger partial charge in [-0.3, -0.25) is 9.59 Å². The summed E-state index contributed by atoms with van der Waals surface area (Å²) in [4.78, 5) is 26.5. The first-order chi connectivity index (χ1) is 12.1. The number of rotatable bonds is 8. The first-order valence-electron chi connectivity index (χ1n) is 8.46. The Bertz CT molecular complexity index is 687. The van der Waals surface area contributed by atoms with Gasteiger partial charge in [0.25, 0.3) is 0 Å². The molecule has 2 rings (SSSR count). The molecule has 1 N–H and O–H groups in total. The molecule has 0 unspecified atom stereocenters. The second-order valence-corrected chi connectivity index (χ2v) is 6.66. The number of benzene rings is 2. The van der Waals surface area contributed by atoms with Gasteiger partial charge in [0.1, 0.15) is 0 Å². The highest BCUT2D eigenvalue weighted by Gasteiger charge is 2.13. The summed E-state index contributed by atoms with van der Waals surface area (Å²) < 4.78 is 0. The number of carbonyl (C=O) groups excluding carboxylic acids is 2. The summed E-state index contributed by atoms with van der Waals surface area (Å²) in [6.45, 7) is 4.30.